The minimum absolute atomic E-state index is 0.0671. The molecule has 1 heterocycles. The fraction of sp³-hybridized carbons (Fsp3) is 0.150. The predicted molar refractivity (Wildman–Crippen MR) is 99.1 cm³/mol. The fourth-order valence-corrected chi connectivity index (χ4v) is 2.58. The molecule has 1 atom stereocenters. The molecule has 0 radical (unpaired) electrons. The highest BCUT2D eigenvalue weighted by molar-refractivity contribution is 5.92. The molecule has 0 aliphatic rings. The van der Waals surface area contributed by atoms with Crippen molar-refractivity contribution in [2.75, 3.05) is 5.32 Å². The summed E-state index contributed by atoms with van der Waals surface area (Å²) in [5.74, 6) is -0.324. The second-order valence-electron chi connectivity index (χ2n) is 6.06. The summed E-state index contributed by atoms with van der Waals surface area (Å²) in [5, 5.41) is 5.39. The molecule has 0 aliphatic heterocycles. The van der Waals surface area contributed by atoms with Crippen LogP contribution >= 0.6 is 0 Å². The lowest BCUT2D eigenvalue weighted by molar-refractivity contribution is -0.136. The highest BCUT2D eigenvalue weighted by atomic mass is 19.4. The van der Waals surface area contributed by atoms with E-state index >= 15 is 0 Å². The van der Waals surface area contributed by atoms with E-state index in [0.29, 0.717) is 0 Å². The zero-order chi connectivity index (χ0) is 20.1. The van der Waals surface area contributed by atoms with Gasteiger partial charge in [-0.25, -0.2) is 9.97 Å². The van der Waals surface area contributed by atoms with Crippen LogP contribution in [0.5, 0.6) is 0 Å². The molecule has 0 bridgehead atoms. The predicted octanol–water partition coefficient (Wildman–Crippen LogP) is 4.73. The Morgan fingerprint density at radius 2 is 1.64 bits per heavy atom. The maximum Gasteiger partial charge on any atom is 0.418 e. The van der Waals surface area contributed by atoms with Gasteiger partial charge in [-0.2, -0.15) is 13.2 Å². The van der Waals surface area contributed by atoms with Gasteiger partial charge in [0.1, 0.15) is 11.5 Å². The van der Waals surface area contributed by atoms with Gasteiger partial charge in [0, 0.05) is 0 Å². The summed E-state index contributed by atoms with van der Waals surface area (Å²) in [4.78, 5) is 20.3. The van der Waals surface area contributed by atoms with Crippen molar-refractivity contribution in [3.63, 3.8) is 0 Å². The van der Waals surface area contributed by atoms with Crippen molar-refractivity contribution < 1.29 is 18.0 Å². The van der Waals surface area contributed by atoms with Gasteiger partial charge < -0.3 is 10.6 Å². The lowest BCUT2D eigenvalue weighted by Gasteiger charge is -2.15. The number of aromatic nitrogens is 2. The third kappa shape index (κ3) is 4.64. The molecule has 28 heavy (non-hydrogen) atoms. The minimum Gasteiger partial charge on any atom is -0.344 e. The van der Waals surface area contributed by atoms with Crippen LogP contribution < -0.4 is 10.6 Å². The summed E-state index contributed by atoms with van der Waals surface area (Å²) in [6, 6.07) is 14.2. The molecular weight excluding hydrogens is 369 g/mol. The average molecular weight is 386 g/mol. The number of para-hydroxylation sites is 1. The molecule has 0 saturated heterocycles. The van der Waals surface area contributed by atoms with E-state index < -0.39 is 17.6 Å². The third-order valence-electron chi connectivity index (χ3n) is 4.03. The number of halogens is 3. The lowest BCUT2D eigenvalue weighted by atomic mass is 10.1. The molecule has 2 N–H and O–H groups in total. The Morgan fingerprint density at radius 1 is 0.964 bits per heavy atom. The van der Waals surface area contributed by atoms with E-state index in [1.807, 2.05) is 37.3 Å². The van der Waals surface area contributed by atoms with Gasteiger partial charge >= 0.3 is 6.18 Å². The van der Waals surface area contributed by atoms with Crippen LogP contribution in [0, 0.1) is 0 Å². The molecule has 0 aliphatic carbocycles. The number of nitrogens with one attached hydrogen (secondary N) is 2. The Hall–Kier alpha value is -3.42. The first kappa shape index (κ1) is 19.3. The molecule has 3 rings (SSSR count). The SMILES string of the molecule is CC(NC(=O)c1cnc(Nc2ccccc2C(F)(F)F)cn1)c1ccccc1. The topological polar surface area (TPSA) is 66.9 Å². The number of carbonyl (C=O) groups excluding carboxylic acids is 1. The largest absolute Gasteiger partial charge is 0.418 e. The van der Waals surface area contributed by atoms with Crippen molar-refractivity contribution in [3.05, 3.63) is 83.8 Å². The zero-order valence-electron chi connectivity index (χ0n) is 14.9. The van der Waals surface area contributed by atoms with E-state index in [1.165, 1.54) is 30.6 Å². The van der Waals surface area contributed by atoms with Gasteiger partial charge in [-0.15, -0.1) is 0 Å². The van der Waals surface area contributed by atoms with Crippen LogP contribution in [0.15, 0.2) is 67.0 Å². The molecule has 1 aromatic heterocycles. The van der Waals surface area contributed by atoms with Crippen LogP contribution in [0.25, 0.3) is 0 Å². The third-order valence-corrected chi connectivity index (χ3v) is 4.03. The monoisotopic (exact) mass is 386 g/mol. The highest BCUT2D eigenvalue weighted by Crippen LogP contribution is 2.35. The van der Waals surface area contributed by atoms with E-state index in [1.54, 1.807) is 0 Å². The Labute approximate surface area is 159 Å². The van der Waals surface area contributed by atoms with Crippen LogP contribution in [0.3, 0.4) is 0 Å². The molecule has 0 fully saturated rings. The Bertz CT molecular complexity index is 944. The van der Waals surface area contributed by atoms with Gasteiger partial charge in [0.2, 0.25) is 0 Å². The second kappa shape index (κ2) is 8.08. The van der Waals surface area contributed by atoms with E-state index in [-0.39, 0.29) is 23.2 Å². The number of carbonyl (C=O) groups is 1. The van der Waals surface area contributed by atoms with E-state index in [0.717, 1.165) is 11.6 Å². The Kier molecular flexibility index (Phi) is 5.58. The molecule has 0 spiro atoms. The number of benzene rings is 2. The molecule has 2 aromatic carbocycles. The quantitative estimate of drug-likeness (QED) is 0.665. The van der Waals surface area contributed by atoms with Crippen molar-refractivity contribution in [3.8, 4) is 0 Å². The number of alkyl halides is 3. The summed E-state index contributed by atoms with van der Waals surface area (Å²) < 4.78 is 39.2. The summed E-state index contributed by atoms with van der Waals surface area (Å²) in [7, 11) is 0. The molecule has 0 saturated carbocycles. The average Bonchev–Trinajstić information content (AvgIpc) is 2.69. The maximum atomic E-state index is 13.1. The van der Waals surface area contributed by atoms with Crippen LogP contribution in [-0.2, 0) is 6.18 Å². The number of nitrogens with zero attached hydrogens (tertiary/aromatic N) is 2. The van der Waals surface area contributed by atoms with E-state index in [9.17, 15) is 18.0 Å². The second-order valence-corrected chi connectivity index (χ2v) is 6.06. The molecule has 8 heteroatoms. The van der Waals surface area contributed by atoms with Crippen LogP contribution in [0.1, 0.15) is 34.6 Å². The molecule has 144 valence electrons. The molecule has 1 amide bonds. The van der Waals surface area contributed by atoms with Gasteiger partial charge in [-0.05, 0) is 24.6 Å². The summed E-state index contributed by atoms with van der Waals surface area (Å²) in [6.45, 7) is 1.84. The molecule has 3 aromatic rings. The van der Waals surface area contributed by atoms with Crippen LogP contribution in [0.2, 0.25) is 0 Å². The summed E-state index contributed by atoms with van der Waals surface area (Å²) in [6.07, 6.45) is -2.06. The Balaban J connectivity index is 1.70. The fourth-order valence-electron chi connectivity index (χ4n) is 2.58. The Morgan fingerprint density at radius 3 is 2.29 bits per heavy atom. The van der Waals surface area contributed by atoms with Crippen molar-refractivity contribution in [1.82, 2.24) is 15.3 Å². The maximum absolute atomic E-state index is 13.1. The molecule has 1 unspecified atom stereocenters. The van der Waals surface area contributed by atoms with Crippen LogP contribution in [0.4, 0.5) is 24.7 Å². The van der Waals surface area contributed by atoms with Gasteiger partial charge in [-0.1, -0.05) is 42.5 Å². The van der Waals surface area contributed by atoms with Gasteiger partial charge in [0.25, 0.3) is 5.91 Å². The molecular formula is C20H17F3N4O. The van der Waals surface area contributed by atoms with Gasteiger partial charge in [0.15, 0.2) is 0 Å². The number of amides is 1. The van der Waals surface area contributed by atoms with Crippen molar-refractivity contribution in [2.45, 2.75) is 19.1 Å². The van der Waals surface area contributed by atoms with Crippen molar-refractivity contribution in [2.24, 2.45) is 0 Å². The molecule has 5 nitrogen and oxygen atoms in total. The number of hydrogen-bond donors (Lipinski definition) is 2. The first-order chi connectivity index (χ1) is 13.3. The first-order valence-corrected chi connectivity index (χ1v) is 8.45. The number of anilines is 2. The summed E-state index contributed by atoms with van der Waals surface area (Å²) in [5.41, 5.74) is 0.0535. The standard InChI is InChI=1S/C20H17F3N4O/c1-13(14-7-3-2-4-8-14)26-19(28)17-11-25-18(12-24-17)27-16-10-6-5-9-15(16)20(21,22)23/h2-13H,1H3,(H,25,27)(H,26,28). The smallest absolute Gasteiger partial charge is 0.344 e. The van der Waals surface area contributed by atoms with E-state index in [4.69, 9.17) is 0 Å². The first-order valence-electron chi connectivity index (χ1n) is 8.45. The van der Waals surface area contributed by atoms with E-state index in [2.05, 4.69) is 20.6 Å². The van der Waals surface area contributed by atoms with Gasteiger partial charge in [0.05, 0.1) is 29.7 Å². The highest BCUT2D eigenvalue weighted by Gasteiger charge is 2.33. The number of rotatable bonds is 5. The van der Waals surface area contributed by atoms with Gasteiger partial charge in [-0.3, -0.25) is 4.79 Å². The normalized spacial score (nSPS) is 12.3. The zero-order valence-corrected chi connectivity index (χ0v) is 14.9. The lowest BCUT2D eigenvalue weighted by Crippen LogP contribution is -2.27. The van der Waals surface area contributed by atoms with Crippen molar-refractivity contribution >= 4 is 17.4 Å². The van der Waals surface area contributed by atoms with Crippen molar-refractivity contribution in [1.29, 1.82) is 0 Å². The number of hydrogen-bond acceptors (Lipinski definition) is 4. The van der Waals surface area contributed by atoms with Crippen LogP contribution in [-0.4, -0.2) is 15.9 Å². The summed E-state index contributed by atoms with van der Waals surface area (Å²) >= 11 is 0. The minimum atomic E-state index is -4.50.